The number of hydrogen-bond donors (Lipinski definition) is 2. The molecule has 0 aliphatic carbocycles. The van der Waals surface area contributed by atoms with Crippen molar-refractivity contribution in [2.45, 2.75) is 12.5 Å². The van der Waals surface area contributed by atoms with E-state index in [1.807, 2.05) is 19.2 Å². The molecule has 1 aliphatic rings. The largest absolute Gasteiger partial charge is 0.399 e. The number of rotatable bonds is 3. The van der Waals surface area contributed by atoms with E-state index in [1.165, 1.54) is 25.1 Å². The molecule has 0 aromatic heterocycles. The van der Waals surface area contributed by atoms with Crippen LogP contribution in [0.15, 0.2) is 24.3 Å². The number of hydrogen-bond acceptors (Lipinski definition) is 3. The molecule has 16 heavy (non-hydrogen) atoms. The lowest BCUT2D eigenvalue weighted by Gasteiger charge is -2.23. The van der Waals surface area contributed by atoms with Crippen LogP contribution in [0.2, 0.25) is 0 Å². The summed E-state index contributed by atoms with van der Waals surface area (Å²) in [6, 6.07) is 8.65. The summed E-state index contributed by atoms with van der Waals surface area (Å²) in [5.41, 5.74) is 8.00. The summed E-state index contributed by atoms with van der Waals surface area (Å²) >= 11 is 0. The maximum absolute atomic E-state index is 5.84. The Morgan fingerprint density at radius 2 is 2.31 bits per heavy atom. The van der Waals surface area contributed by atoms with Crippen LogP contribution in [-0.4, -0.2) is 32.1 Å². The van der Waals surface area contributed by atoms with Crippen LogP contribution in [0.4, 0.5) is 5.69 Å². The van der Waals surface area contributed by atoms with Gasteiger partial charge in [-0.15, -0.1) is 0 Å². The number of benzene rings is 1. The molecule has 2 rings (SSSR count). The first-order valence-electron chi connectivity index (χ1n) is 5.92. The van der Waals surface area contributed by atoms with Gasteiger partial charge in [0.25, 0.3) is 0 Å². The van der Waals surface area contributed by atoms with Gasteiger partial charge in [0.15, 0.2) is 0 Å². The van der Waals surface area contributed by atoms with Crippen LogP contribution in [0.25, 0.3) is 0 Å². The van der Waals surface area contributed by atoms with Gasteiger partial charge in [-0.05, 0) is 50.7 Å². The van der Waals surface area contributed by atoms with Crippen molar-refractivity contribution in [3.05, 3.63) is 29.8 Å². The molecular formula is C13H21N3. The van der Waals surface area contributed by atoms with E-state index in [-0.39, 0.29) is 0 Å². The SMILES string of the molecule is CNC(c1cccc(N)c1)C1CCN(C)C1. The fourth-order valence-corrected chi connectivity index (χ4v) is 2.67. The summed E-state index contributed by atoms with van der Waals surface area (Å²) < 4.78 is 0. The number of nitrogens with two attached hydrogens (primary N) is 1. The first-order chi connectivity index (χ1) is 7.70. The standard InChI is InChI=1S/C13H21N3/c1-15-13(11-6-7-16(2)9-11)10-4-3-5-12(14)8-10/h3-5,8,11,13,15H,6-7,9,14H2,1-2H3. The van der Waals surface area contributed by atoms with Crippen LogP contribution in [-0.2, 0) is 0 Å². The maximum Gasteiger partial charge on any atom is 0.0359 e. The number of likely N-dealkylation sites (tertiary alicyclic amines) is 1. The molecular weight excluding hydrogens is 198 g/mol. The van der Waals surface area contributed by atoms with E-state index < -0.39 is 0 Å². The lowest BCUT2D eigenvalue weighted by molar-refractivity contribution is 0.351. The second-order valence-corrected chi connectivity index (χ2v) is 4.75. The van der Waals surface area contributed by atoms with Crippen molar-refractivity contribution in [3.8, 4) is 0 Å². The fraction of sp³-hybridized carbons (Fsp3) is 0.538. The fourth-order valence-electron chi connectivity index (χ4n) is 2.67. The highest BCUT2D eigenvalue weighted by Crippen LogP contribution is 2.29. The molecule has 0 amide bonds. The van der Waals surface area contributed by atoms with Crippen LogP contribution in [0.5, 0.6) is 0 Å². The molecule has 1 aromatic carbocycles. The molecule has 1 fully saturated rings. The first-order valence-corrected chi connectivity index (χ1v) is 5.92. The molecule has 3 heteroatoms. The van der Waals surface area contributed by atoms with Gasteiger partial charge in [-0.1, -0.05) is 12.1 Å². The Kier molecular flexibility index (Phi) is 3.46. The summed E-state index contributed by atoms with van der Waals surface area (Å²) in [6.45, 7) is 2.37. The zero-order valence-electron chi connectivity index (χ0n) is 10.1. The van der Waals surface area contributed by atoms with Crippen molar-refractivity contribution < 1.29 is 0 Å². The van der Waals surface area contributed by atoms with Gasteiger partial charge in [-0.2, -0.15) is 0 Å². The van der Waals surface area contributed by atoms with Gasteiger partial charge in [0, 0.05) is 18.3 Å². The zero-order chi connectivity index (χ0) is 11.5. The smallest absolute Gasteiger partial charge is 0.0359 e. The van der Waals surface area contributed by atoms with E-state index in [0.29, 0.717) is 12.0 Å². The van der Waals surface area contributed by atoms with Crippen molar-refractivity contribution in [1.82, 2.24) is 10.2 Å². The van der Waals surface area contributed by atoms with E-state index in [2.05, 4.69) is 29.4 Å². The Labute approximate surface area is 97.6 Å². The molecule has 0 saturated carbocycles. The average molecular weight is 219 g/mol. The molecule has 2 unspecified atom stereocenters. The molecule has 0 radical (unpaired) electrons. The molecule has 1 saturated heterocycles. The lowest BCUT2D eigenvalue weighted by Crippen LogP contribution is -2.27. The van der Waals surface area contributed by atoms with Gasteiger partial charge in [0.1, 0.15) is 0 Å². The Bertz CT molecular complexity index is 351. The highest BCUT2D eigenvalue weighted by atomic mass is 15.1. The second-order valence-electron chi connectivity index (χ2n) is 4.75. The first kappa shape index (κ1) is 11.4. The molecule has 0 spiro atoms. The van der Waals surface area contributed by atoms with Crippen LogP contribution in [0.1, 0.15) is 18.0 Å². The molecule has 1 heterocycles. The highest BCUT2D eigenvalue weighted by Gasteiger charge is 2.27. The molecule has 1 aliphatic heterocycles. The van der Waals surface area contributed by atoms with Gasteiger partial charge < -0.3 is 16.0 Å². The van der Waals surface area contributed by atoms with Crippen molar-refractivity contribution >= 4 is 5.69 Å². The Hall–Kier alpha value is -1.06. The van der Waals surface area contributed by atoms with E-state index >= 15 is 0 Å². The van der Waals surface area contributed by atoms with E-state index in [4.69, 9.17) is 5.73 Å². The number of anilines is 1. The third-order valence-corrected chi connectivity index (χ3v) is 3.48. The number of nitrogens with zero attached hydrogens (tertiary/aromatic N) is 1. The molecule has 3 nitrogen and oxygen atoms in total. The minimum atomic E-state index is 0.424. The zero-order valence-corrected chi connectivity index (χ0v) is 10.1. The Balaban J connectivity index is 2.16. The predicted octanol–water partition coefficient (Wildman–Crippen LogP) is 1.48. The quantitative estimate of drug-likeness (QED) is 0.757. The number of nitrogen functional groups attached to an aromatic ring is 1. The molecule has 1 aromatic rings. The van der Waals surface area contributed by atoms with Gasteiger partial charge in [0.2, 0.25) is 0 Å². The highest BCUT2D eigenvalue weighted by molar-refractivity contribution is 5.41. The topological polar surface area (TPSA) is 41.3 Å². The van der Waals surface area contributed by atoms with Crippen molar-refractivity contribution in [2.75, 3.05) is 32.9 Å². The summed E-state index contributed by atoms with van der Waals surface area (Å²) in [5.74, 6) is 0.691. The monoisotopic (exact) mass is 219 g/mol. The third-order valence-electron chi connectivity index (χ3n) is 3.48. The number of nitrogens with one attached hydrogen (secondary N) is 1. The van der Waals surface area contributed by atoms with Crippen molar-refractivity contribution in [3.63, 3.8) is 0 Å². The van der Waals surface area contributed by atoms with Gasteiger partial charge in [-0.3, -0.25) is 0 Å². The molecule has 88 valence electrons. The Morgan fingerprint density at radius 3 is 2.88 bits per heavy atom. The average Bonchev–Trinajstić information content (AvgIpc) is 2.66. The second kappa shape index (κ2) is 4.85. The van der Waals surface area contributed by atoms with E-state index in [1.54, 1.807) is 0 Å². The van der Waals surface area contributed by atoms with Gasteiger partial charge in [0.05, 0.1) is 0 Å². The predicted molar refractivity (Wildman–Crippen MR) is 68.3 cm³/mol. The van der Waals surface area contributed by atoms with Crippen LogP contribution < -0.4 is 11.1 Å². The van der Waals surface area contributed by atoms with E-state index in [0.717, 1.165) is 5.69 Å². The van der Waals surface area contributed by atoms with E-state index in [9.17, 15) is 0 Å². The van der Waals surface area contributed by atoms with Crippen molar-refractivity contribution in [1.29, 1.82) is 0 Å². The molecule has 3 N–H and O–H groups in total. The van der Waals surface area contributed by atoms with Crippen molar-refractivity contribution in [2.24, 2.45) is 5.92 Å². The van der Waals surface area contributed by atoms with Crippen LogP contribution >= 0.6 is 0 Å². The maximum atomic E-state index is 5.84. The van der Waals surface area contributed by atoms with Gasteiger partial charge >= 0.3 is 0 Å². The Morgan fingerprint density at radius 1 is 1.50 bits per heavy atom. The summed E-state index contributed by atoms with van der Waals surface area (Å²) in [5, 5.41) is 3.43. The normalized spacial score (nSPS) is 23.5. The van der Waals surface area contributed by atoms with Crippen LogP contribution in [0.3, 0.4) is 0 Å². The third kappa shape index (κ3) is 2.36. The molecule has 2 atom stereocenters. The van der Waals surface area contributed by atoms with Crippen LogP contribution in [0, 0.1) is 5.92 Å². The molecule has 0 bridgehead atoms. The summed E-state index contributed by atoms with van der Waals surface area (Å²) in [4.78, 5) is 2.39. The summed E-state index contributed by atoms with van der Waals surface area (Å²) in [6.07, 6.45) is 1.26. The van der Waals surface area contributed by atoms with Gasteiger partial charge in [-0.25, -0.2) is 0 Å². The minimum Gasteiger partial charge on any atom is -0.399 e. The lowest BCUT2D eigenvalue weighted by atomic mass is 9.92. The minimum absolute atomic E-state index is 0.424. The summed E-state index contributed by atoms with van der Waals surface area (Å²) in [7, 11) is 4.22.